The average molecular weight is 394 g/mol. The van der Waals surface area contributed by atoms with Crippen molar-refractivity contribution < 1.29 is 14.3 Å². The maximum absolute atomic E-state index is 12.7. The van der Waals surface area contributed by atoms with Crippen LogP contribution < -0.4 is 15.4 Å². The fraction of sp³-hybridized carbons (Fsp3) is 0.409. The minimum atomic E-state index is -0.151. The molecule has 0 aliphatic carbocycles. The third-order valence-electron chi connectivity index (χ3n) is 5.87. The summed E-state index contributed by atoms with van der Waals surface area (Å²) in [5, 5.41) is 5.90. The number of benzene rings is 1. The lowest BCUT2D eigenvalue weighted by atomic mass is 9.79. The minimum Gasteiger partial charge on any atom is -0.439 e. The van der Waals surface area contributed by atoms with Gasteiger partial charge in [0.2, 0.25) is 11.8 Å². The number of anilines is 1. The smallest absolute Gasteiger partial charge is 0.251 e. The average Bonchev–Trinajstić information content (AvgIpc) is 2.72. The van der Waals surface area contributed by atoms with Crippen molar-refractivity contribution in [3.63, 3.8) is 0 Å². The van der Waals surface area contributed by atoms with Crippen molar-refractivity contribution in [2.75, 3.05) is 18.4 Å². The molecule has 3 saturated heterocycles. The second-order valence-corrected chi connectivity index (χ2v) is 7.81. The lowest BCUT2D eigenvalue weighted by molar-refractivity contribution is -0.114. The van der Waals surface area contributed by atoms with Crippen molar-refractivity contribution in [2.45, 2.75) is 38.8 Å². The van der Waals surface area contributed by atoms with E-state index in [0.29, 0.717) is 34.8 Å². The molecule has 0 saturated carbocycles. The first-order valence-electron chi connectivity index (χ1n) is 10.1. The molecular formula is C22H26N4O3. The highest BCUT2D eigenvalue weighted by Crippen LogP contribution is 2.32. The minimum absolute atomic E-state index is 0.0417. The van der Waals surface area contributed by atoms with Gasteiger partial charge < -0.3 is 15.4 Å². The van der Waals surface area contributed by atoms with Crippen molar-refractivity contribution in [1.29, 1.82) is 0 Å². The molecule has 29 heavy (non-hydrogen) atoms. The number of amides is 2. The molecule has 2 N–H and O–H groups in total. The van der Waals surface area contributed by atoms with Crippen molar-refractivity contribution in [3.05, 3.63) is 48.2 Å². The zero-order valence-electron chi connectivity index (χ0n) is 16.7. The second-order valence-electron chi connectivity index (χ2n) is 7.81. The largest absolute Gasteiger partial charge is 0.439 e. The van der Waals surface area contributed by atoms with Crippen LogP contribution >= 0.6 is 0 Å². The van der Waals surface area contributed by atoms with Gasteiger partial charge in [-0.3, -0.25) is 14.5 Å². The van der Waals surface area contributed by atoms with E-state index in [9.17, 15) is 9.59 Å². The number of nitrogens with one attached hydrogen (secondary N) is 2. The summed E-state index contributed by atoms with van der Waals surface area (Å²) in [6, 6.07) is 11.1. The normalized spacial score (nSPS) is 25.3. The van der Waals surface area contributed by atoms with Crippen LogP contribution in [0.3, 0.4) is 0 Å². The summed E-state index contributed by atoms with van der Waals surface area (Å²) in [5.41, 5.74) is 1.23. The van der Waals surface area contributed by atoms with Gasteiger partial charge in [0.25, 0.3) is 5.91 Å². The van der Waals surface area contributed by atoms with E-state index in [4.69, 9.17) is 4.74 Å². The van der Waals surface area contributed by atoms with Crippen LogP contribution in [-0.4, -0.2) is 46.9 Å². The standard InChI is InChI=1S/C22H26N4O3/c1-14-21(16-9-11-26(14)12-10-16)25-22(28)17-3-6-19(7-4-17)29-20-8-5-18(13-23-20)24-15(2)27/h3-8,13-14,16,21H,9-12H2,1-2H3,(H,24,27)(H,25,28). The molecule has 4 heterocycles. The molecular weight excluding hydrogens is 368 g/mol. The van der Waals surface area contributed by atoms with Gasteiger partial charge in [-0.2, -0.15) is 0 Å². The van der Waals surface area contributed by atoms with Crippen LogP contribution in [0.5, 0.6) is 11.6 Å². The molecule has 2 amide bonds. The second kappa shape index (κ2) is 8.21. The molecule has 1 aromatic carbocycles. The van der Waals surface area contributed by atoms with Gasteiger partial charge in [-0.1, -0.05) is 0 Å². The molecule has 3 aliphatic heterocycles. The Kier molecular flexibility index (Phi) is 5.49. The Labute approximate surface area is 170 Å². The number of nitrogens with zero attached hydrogens (tertiary/aromatic N) is 2. The molecule has 2 bridgehead atoms. The van der Waals surface area contributed by atoms with E-state index in [0.717, 1.165) is 25.9 Å². The van der Waals surface area contributed by atoms with Gasteiger partial charge in [0.1, 0.15) is 5.75 Å². The van der Waals surface area contributed by atoms with Gasteiger partial charge in [0.05, 0.1) is 11.9 Å². The van der Waals surface area contributed by atoms with Crippen LogP contribution in [0.2, 0.25) is 0 Å². The molecule has 2 atom stereocenters. The summed E-state index contributed by atoms with van der Waals surface area (Å²) >= 11 is 0. The maximum atomic E-state index is 12.7. The first kappa shape index (κ1) is 19.4. The SMILES string of the molecule is CC(=O)Nc1ccc(Oc2ccc(C(=O)NC3C4CCN(CC4)C3C)cc2)nc1. The summed E-state index contributed by atoms with van der Waals surface area (Å²) in [4.78, 5) is 30.4. The van der Waals surface area contributed by atoms with E-state index >= 15 is 0 Å². The Morgan fingerprint density at radius 1 is 1.10 bits per heavy atom. The van der Waals surface area contributed by atoms with Gasteiger partial charge >= 0.3 is 0 Å². The Hall–Kier alpha value is -2.93. The van der Waals surface area contributed by atoms with Crippen LogP contribution in [0.25, 0.3) is 0 Å². The molecule has 0 spiro atoms. The Morgan fingerprint density at radius 3 is 2.41 bits per heavy atom. The van der Waals surface area contributed by atoms with Gasteiger partial charge in [-0.15, -0.1) is 0 Å². The quantitative estimate of drug-likeness (QED) is 0.814. The summed E-state index contributed by atoms with van der Waals surface area (Å²) in [7, 11) is 0. The number of ether oxygens (including phenoxy) is 1. The van der Waals surface area contributed by atoms with Crippen LogP contribution in [0.4, 0.5) is 5.69 Å². The number of rotatable bonds is 5. The van der Waals surface area contributed by atoms with Crippen molar-refractivity contribution in [1.82, 2.24) is 15.2 Å². The van der Waals surface area contributed by atoms with Crippen molar-refractivity contribution in [3.8, 4) is 11.6 Å². The number of hydrogen-bond acceptors (Lipinski definition) is 5. The van der Waals surface area contributed by atoms with E-state index in [-0.39, 0.29) is 17.9 Å². The van der Waals surface area contributed by atoms with E-state index in [1.54, 1.807) is 36.4 Å². The Bertz CT molecular complexity index is 872. The molecule has 0 radical (unpaired) electrons. The number of piperidine rings is 3. The molecule has 2 unspecified atom stereocenters. The first-order valence-corrected chi connectivity index (χ1v) is 10.1. The number of hydrogen-bond donors (Lipinski definition) is 2. The van der Waals surface area contributed by atoms with Crippen molar-refractivity contribution in [2.24, 2.45) is 5.92 Å². The highest BCUT2D eigenvalue weighted by Gasteiger charge is 2.40. The molecule has 2 aromatic rings. The first-order chi connectivity index (χ1) is 14.0. The van der Waals surface area contributed by atoms with Crippen LogP contribution in [0, 0.1) is 5.92 Å². The van der Waals surface area contributed by atoms with Crippen LogP contribution in [0.1, 0.15) is 37.0 Å². The lowest BCUT2D eigenvalue weighted by Crippen LogP contribution is -2.62. The van der Waals surface area contributed by atoms with Gasteiger partial charge in [0.15, 0.2) is 0 Å². The highest BCUT2D eigenvalue weighted by molar-refractivity contribution is 5.94. The number of fused-ring (bicyclic) bond motifs is 3. The summed E-state index contributed by atoms with van der Waals surface area (Å²) < 4.78 is 5.72. The highest BCUT2D eigenvalue weighted by atomic mass is 16.5. The molecule has 5 rings (SSSR count). The van der Waals surface area contributed by atoms with Gasteiger partial charge in [-0.05, 0) is 69.1 Å². The number of carbonyl (C=O) groups excluding carboxylic acids is 2. The van der Waals surface area contributed by atoms with Gasteiger partial charge in [-0.25, -0.2) is 4.98 Å². The number of carbonyl (C=O) groups is 2. The van der Waals surface area contributed by atoms with Gasteiger partial charge in [0, 0.05) is 30.6 Å². The predicted molar refractivity (Wildman–Crippen MR) is 110 cm³/mol. The lowest BCUT2D eigenvalue weighted by Gasteiger charge is -2.49. The Morgan fingerprint density at radius 2 is 1.83 bits per heavy atom. The monoisotopic (exact) mass is 394 g/mol. The zero-order chi connectivity index (χ0) is 20.4. The van der Waals surface area contributed by atoms with E-state index in [2.05, 4.69) is 27.4 Å². The zero-order valence-corrected chi connectivity index (χ0v) is 16.7. The molecule has 7 heteroatoms. The molecule has 1 aromatic heterocycles. The third-order valence-corrected chi connectivity index (χ3v) is 5.87. The Balaban J connectivity index is 1.36. The van der Waals surface area contributed by atoms with Crippen molar-refractivity contribution >= 4 is 17.5 Å². The maximum Gasteiger partial charge on any atom is 0.251 e. The predicted octanol–water partition coefficient (Wildman–Crippen LogP) is 3.04. The van der Waals surface area contributed by atoms with E-state index < -0.39 is 0 Å². The van der Waals surface area contributed by atoms with E-state index in [1.807, 2.05) is 0 Å². The topological polar surface area (TPSA) is 83.6 Å². The fourth-order valence-electron chi connectivity index (χ4n) is 4.29. The molecule has 7 nitrogen and oxygen atoms in total. The number of pyridine rings is 1. The fourth-order valence-corrected chi connectivity index (χ4v) is 4.29. The summed E-state index contributed by atoms with van der Waals surface area (Å²) in [6.45, 7) is 5.94. The molecule has 152 valence electrons. The van der Waals surface area contributed by atoms with E-state index in [1.165, 1.54) is 13.1 Å². The third kappa shape index (κ3) is 4.40. The summed E-state index contributed by atoms with van der Waals surface area (Å²) in [6.07, 6.45) is 3.86. The molecule has 3 fully saturated rings. The number of aromatic nitrogens is 1. The molecule has 3 aliphatic rings. The van der Waals surface area contributed by atoms with Crippen LogP contribution in [-0.2, 0) is 4.79 Å². The summed E-state index contributed by atoms with van der Waals surface area (Å²) in [5.74, 6) is 1.39. The van der Waals surface area contributed by atoms with Crippen LogP contribution in [0.15, 0.2) is 42.6 Å².